The Morgan fingerprint density at radius 1 is 0.875 bits per heavy atom. The van der Waals surface area contributed by atoms with Crippen LogP contribution in [0.1, 0.15) is 83.2 Å². The van der Waals surface area contributed by atoms with E-state index in [-0.39, 0.29) is 29.7 Å². The van der Waals surface area contributed by atoms with Gasteiger partial charge < -0.3 is 10.1 Å². The predicted molar refractivity (Wildman–Crippen MR) is 120 cm³/mol. The summed E-state index contributed by atoms with van der Waals surface area (Å²) >= 11 is 0. The molecular formula is C26H27NO5. The standard InChI is InChI=1S/C26H27NO5/c28-23(16-32-24(29)12-6-9-17-7-2-1-3-8-17)27-18-13-14-21-22(15-18)26(31)20-11-5-4-10-19(20)25(21)30/h4-5,10-11,13-15,17H,1-3,6-9,12,16H2,(H,27,28). The van der Waals surface area contributed by atoms with Crippen LogP contribution in [0.25, 0.3) is 0 Å². The molecule has 2 aliphatic carbocycles. The van der Waals surface area contributed by atoms with E-state index in [0.717, 1.165) is 12.8 Å². The fourth-order valence-corrected chi connectivity index (χ4v) is 4.60. The zero-order valence-electron chi connectivity index (χ0n) is 18.0. The summed E-state index contributed by atoms with van der Waals surface area (Å²) in [7, 11) is 0. The minimum atomic E-state index is -0.486. The van der Waals surface area contributed by atoms with Crippen LogP contribution in [0, 0.1) is 5.92 Å². The smallest absolute Gasteiger partial charge is 0.306 e. The number of esters is 1. The number of fused-ring (bicyclic) bond motifs is 2. The molecule has 0 radical (unpaired) electrons. The highest BCUT2D eigenvalue weighted by Crippen LogP contribution is 2.29. The molecule has 0 saturated heterocycles. The van der Waals surface area contributed by atoms with Gasteiger partial charge in [-0.15, -0.1) is 0 Å². The number of carbonyl (C=O) groups excluding carboxylic acids is 4. The Balaban J connectivity index is 1.28. The van der Waals surface area contributed by atoms with E-state index in [0.29, 0.717) is 34.7 Å². The molecule has 0 heterocycles. The third-order valence-corrected chi connectivity index (χ3v) is 6.29. The summed E-state index contributed by atoms with van der Waals surface area (Å²) in [6.07, 6.45) is 8.51. The first kappa shape index (κ1) is 21.9. The number of benzene rings is 2. The van der Waals surface area contributed by atoms with E-state index in [9.17, 15) is 19.2 Å². The first-order valence-electron chi connectivity index (χ1n) is 11.3. The molecule has 0 atom stereocenters. The van der Waals surface area contributed by atoms with E-state index in [2.05, 4.69) is 5.32 Å². The first-order chi connectivity index (χ1) is 15.5. The summed E-state index contributed by atoms with van der Waals surface area (Å²) in [6.45, 7) is -0.380. The summed E-state index contributed by atoms with van der Waals surface area (Å²) in [5.74, 6) is -0.615. The van der Waals surface area contributed by atoms with Crippen molar-refractivity contribution < 1.29 is 23.9 Å². The number of hydrogen-bond acceptors (Lipinski definition) is 5. The Morgan fingerprint density at radius 2 is 1.53 bits per heavy atom. The fourth-order valence-electron chi connectivity index (χ4n) is 4.60. The molecule has 0 aliphatic heterocycles. The number of carbonyl (C=O) groups is 4. The molecule has 1 N–H and O–H groups in total. The maximum atomic E-state index is 12.8. The molecule has 2 aromatic carbocycles. The van der Waals surface area contributed by atoms with Gasteiger partial charge in [-0.2, -0.15) is 0 Å². The van der Waals surface area contributed by atoms with Crippen molar-refractivity contribution in [3.05, 3.63) is 64.7 Å². The minimum absolute atomic E-state index is 0.213. The summed E-state index contributed by atoms with van der Waals surface area (Å²) < 4.78 is 5.09. The molecule has 166 valence electrons. The van der Waals surface area contributed by atoms with Crippen LogP contribution in [0.4, 0.5) is 5.69 Å². The van der Waals surface area contributed by atoms with Crippen molar-refractivity contribution >= 4 is 29.1 Å². The van der Waals surface area contributed by atoms with Crippen LogP contribution < -0.4 is 5.32 Å². The molecule has 2 aliphatic rings. The van der Waals surface area contributed by atoms with Gasteiger partial charge in [0.25, 0.3) is 5.91 Å². The van der Waals surface area contributed by atoms with Crippen molar-refractivity contribution in [3.8, 4) is 0 Å². The largest absolute Gasteiger partial charge is 0.456 e. The maximum Gasteiger partial charge on any atom is 0.306 e. The van der Waals surface area contributed by atoms with Gasteiger partial charge in [0.15, 0.2) is 18.2 Å². The molecule has 0 spiro atoms. The quantitative estimate of drug-likeness (QED) is 0.546. The van der Waals surface area contributed by atoms with E-state index in [1.54, 1.807) is 36.4 Å². The summed E-state index contributed by atoms with van der Waals surface area (Å²) in [4.78, 5) is 49.6. The summed E-state index contributed by atoms with van der Waals surface area (Å²) in [5, 5.41) is 2.63. The molecule has 4 rings (SSSR count). The third kappa shape index (κ3) is 4.96. The van der Waals surface area contributed by atoms with Crippen LogP contribution in [-0.2, 0) is 14.3 Å². The average molecular weight is 434 g/mol. The number of nitrogens with one attached hydrogen (secondary N) is 1. The molecule has 32 heavy (non-hydrogen) atoms. The van der Waals surface area contributed by atoms with Crippen LogP contribution in [0.15, 0.2) is 42.5 Å². The van der Waals surface area contributed by atoms with Gasteiger partial charge in [0.2, 0.25) is 0 Å². The highest BCUT2D eigenvalue weighted by Gasteiger charge is 2.29. The highest BCUT2D eigenvalue weighted by atomic mass is 16.5. The lowest BCUT2D eigenvalue weighted by atomic mass is 9.84. The van der Waals surface area contributed by atoms with Crippen LogP contribution in [-0.4, -0.2) is 30.0 Å². The second kappa shape index (κ2) is 9.90. The van der Waals surface area contributed by atoms with E-state index < -0.39 is 5.91 Å². The number of ether oxygens (including phenoxy) is 1. The van der Waals surface area contributed by atoms with Crippen LogP contribution >= 0.6 is 0 Å². The van der Waals surface area contributed by atoms with E-state index >= 15 is 0 Å². The molecular weight excluding hydrogens is 406 g/mol. The van der Waals surface area contributed by atoms with Gasteiger partial charge in [-0.05, 0) is 37.0 Å². The van der Waals surface area contributed by atoms with Gasteiger partial charge >= 0.3 is 5.97 Å². The zero-order valence-corrected chi connectivity index (χ0v) is 18.0. The summed E-state index contributed by atoms with van der Waals surface area (Å²) in [6, 6.07) is 11.3. The lowest BCUT2D eigenvalue weighted by molar-refractivity contribution is -0.147. The number of ketones is 2. The minimum Gasteiger partial charge on any atom is -0.456 e. The average Bonchev–Trinajstić information content (AvgIpc) is 2.82. The molecule has 6 heteroatoms. The highest BCUT2D eigenvalue weighted by molar-refractivity contribution is 6.28. The Hall–Kier alpha value is -3.28. The van der Waals surface area contributed by atoms with Gasteiger partial charge in [-0.25, -0.2) is 0 Å². The van der Waals surface area contributed by atoms with Gasteiger partial charge in [-0.1, -0.05) is 56.4 Å². The van der Waals surface area contributed by atoms with Crippen molar-refractivity contribution in [2.45, 2.75) is 51.4 Å². The second-order valence-electron chi connectivity index (χ2n) is 8.57. The van der Waals surface area contributed by atoms with Crippen molar-refractivity contribution in [3.63, 3.8) is 0 Å². The SMILES string of the molecule is O=C(COC(=O)CCCC1CCCCC1)Nc1ccc2c(c1)C(=O)c1ccccc1C2=O. The van der Waals surface area contributed by atoms with E-state index in [4.69, 9.17) is 4.74 Å². The second-order valence-corrected chi connectivity index (χ2v) is 8.57. The normalized spacial score (nSPS) is 15.6. The van der Waals surface area contributed by atoms with Gasteiger partial charge in [0.05, 0.1) is 0 Å². The lowest BCUT2D eigenvalue weighted by Gasteiger charge is -2.20. The van der Waals surface area contributed by atoms with Crippen molar-refractivity contribution in [2.75, 3.05) is 11.9 Å². The van der Waals surface area contributed by atoms with Gasteiger partial charge in [0.1, 0.15) is 0 Å². The Morgan fingerprint density at radius 3 is 2.25 bits per heavy atom. The molecule has 1 saturated carbocycles. The van der Waals surface area contributed by atoms with Crippen LogP contribution in [0.5, 0.6) is 0 Å². The van der Waals surface area contributed by atoms with Crippen molar-refractivity contribution in [1.82, 2.24) is 0 Å². The topological polar surface area (TPSA) is 89.5 Å². The molecule has 0 bridgehead atoms. The van der Waals surface area contributed by atoms with E-state index in [1.165, 1.54) is 38.2 Å². The monoisotopic (exact) mass is 433 g/mol. The molecule has 0 aromatic heterocycles. The molecule has 2 aromatic rings. The number of rotatable bonds is 7. The number of anilines is 1. The molecule has 6 nitrogen and oxygen atoms in total. The summed E-state index contributed by atoms with van der Waals surface area (Å²) in [5.41, 5.74) is 1.69. The molecule has 0 unspecified atom stereocenters. The van der Waals surface area contributed by atoms with Crippen molar-refractivity contribution in [2.24, 2.45) is 5.92 Å². The maximum absolute atomic E-state index is 12.8. The lowest BCUT2D eigenvalue weighted by Crippen LogP contribution is -2.23. The van der Waals surface area contributed by atoms with Crippen molar-refractivity contribution in [1.29, 1.82) is 0 Å². The Labute approximate surface area is 187 Å². The fraction of sp³-hybridized carbons (Fsp3) is 0.385. The van der Waals surface area contributed by atoms with E-state index in [1.807, 2.05) is 0 Å². The predicted octanol–water partition coefficient (Wildman–Crippen LogP) is 4.69. The third-order valence-electron chi connectivity index (χ3n) is 6.29. The van der Waals surface area contributed by atoms with Crippen LogP contribution in [0.2, 0.25) is 0 Å². The first-order valence-corrected chi connectivity index (χ1v) is 11.3. The molecule has 1 amide bonds. The van der Waals surface area contributed by atoms with Crippen LogP contribution in [0.3, 0.4) is 0 Å². The van der Waals surface area contributed by atoms with Gasteiger partial charge in [-0.3, -0.25) is 19.2 Å². The van der Waals surface area contributed by atoms with Gasteiger partial charge in [0, 0.05) is 34.4 Å². The Kier molecular flexibility index (Phi) is 6.78. The number of amides is 1. The number of hydrogen-bond donors (Lipinski definition) is 1. The Bertz CT molecular complexity index is 1050. The zero-order chi connectivity index (χ0) is 22.5. The molecule has 1 fully saturated rings.